The van der Waals surface area contributed by atoms with Crippen LogP contribution in [-0.2, 0) is 6.42 Å². The van der Waals surface area contributed by atoms with Crippen LogP contribution in [0.3, 0.4) is 0 Å². The van der Waals surface area contributed by atoms with Crippen LogP contribution in [0.2, 0.25) is 0 Å². The Labute approximate surface area is 118 Å². The number of carbonyl (C=O) groups excluding carboxylic acids is 1. The Morgan fingerprint density at radius 2 is 2.15 bits per heavy atom. The number of nitriles is 1. The topological polar surface area (TPSA) is 57.0 Å². The van der Waals surface area contributed by atoms with E-state index in [0.29, 0.717) is 11.1 Å². The molecule has 0 fully saturated rings. The number of benzene rings is 1. The van der Waals surface area contributed by atoms with Crippen LogP contribution < -0.4 is 4.90 Å². The normalized spacial score (nSPS) is 9.85. The van der Waals surface area contributed by atoms with Gasteiger partial charge in [0.05, 0.1) is 23.5 Å². The van der Waals surface area contributed by atoms with Crippen LogP contribution >= 0.6 is 0 Å². The maximum atomic E-state index is 12.4. The molecule has 4 heteroatoms. The van der Waals surface area contributed by atoms with Gasteiger partial charge >= 0.3 is 0 Å². The van der Waals surface area contributed by atoms with E-state index in [-0.39, 0.29) is 5.91 Å². The summed E-state index contributed by atoms with van der Waals surface area (Å²) in [6.07, 6.45) is 4.32. The maximum Gasteiger partial charge on any atom is 0.258 e. The molecule has 0 aliphatic carbocycles. The molecule has 0 radical (unpaired) electrons. The Kier molecular flexibility index (Phi) is 4.11. The van der Waals surface area contributed by atoms with Crippen molar-refractivity contribution in [2.24, 2.45) is 0 Å². The third kappa shape index (κ3) is 2.83. The summed E-state index contributed by atoms with van der Waals surface area (Å²) in [7, 11) is 1.71. The zero-order chi connectivity index (χ0) is 14.5. The van der Waals surface area contributed by atoms with Gasteiger partial charge in [0.1, 0.15) is 0 Å². The van der Waals surface area contributed by atoms with Gasteiger partial charge in [0.15, 0.2) is 0 Å². The fourth-order valence-corrected chi connectivity index (χ4v) is 1.88. The number of aryl methyl sites for hydroxylation is 1. The van der Waals surface area contributed by atoms with Gasteiger partial charge < -0.3 is 4.90 Å². The summed E-state index contributed by atoms with van der Waals surface area (Å²) in [5.41, 5.74) is 2.79. The predicted molar refractivity (Wildman–Crippen MR) is 77.5 cm³/mol. The van der Waals surface area contributed by atoms with Crippen molar-refractivity contribution in [3.8, 4) is 6.07 Å². The number of pyridine rings is 1. The first-order valence-electron chi connectivity index (χ1n) is 6.38. The minimum atomic E-state index is -0.155. The molecule has 0 aliphatic heterocycles. The summed E-state index contributed by atoms with van der Waals surface area (Å²) in [6, 6.07) is 10.7. The number of rotatable bonds is 3. The van der Waals surface area contributed by atoms with Crippen molar-refractivity contribution < 1.29 is 4.79 Å². The van der Waals surface area contributed by atoms with Crippen LogP contribution in [0.15, 0.2) is 42.7 Å². The average molecular weight is 265 g/mol. The van der Waals surface area contributed by atoms with Gasteiger partial charge in [-0.25, -0.2) is 0 Å². The zero-order valence-electron chi connectivity index (χ0n) is 11.5. The number of hydrogen-bond donors (Lipinski definition) is 0. The van der Waals surface area contributed by atoms with Crippen molar-refractivity contribution in [1.29, 1.82) is 5.26 Å². The lowest BCUT2D eigenvalue weighted by atomic mass is 10.1. The molecule has 0 aliphatic rings. The number of nitrogens with zero attached hydrogens (tertiary/aromatic N) is 3. The van der Waals surface area contributed by atoms with E-state index < -0.39 is 0 Å². The number of aromatic nitrogens is 1. The SMILES string of the molecule is CCc1cncc(N(C)C(=O)c2cccc(C#N)c2)c1. The van der Waals surface area contributed by atoms with Gasteiger partial charge in [-0.15, -0.1) is 0 Å². The molecule has 2 aromatic rings. The lowest BCUT2D eigenvalue weighted by Crippen LogP contribution is -2.26. The number of amides is 1. The summed E-state index contributed by atoms with van der Waals surface area (Å²) >= 11 is 0. The number of carbonyl (C=O) groups is 1. The fraction of sp³-hybridized carbons (Fsp3) is 0.188. The summed E-state index contributed by atoms with van der Waals surface area (Å²) in [6.45, 7) is 2.04. The quantitative estimate of drug-likeness (QED) is 0.857. The molecule has 0 N–H and O–H groups in total. The van der Waals surface area contributed by atoms with Gasteiger partial charge in [-0.05, 0) is 36.2 Å². The molecule has 2 rings (SSSR count). The van der Waals surface area contributed by atoms with Crippen molar-refractivity contribution in [1.82, 2.24) is 4.98 Å². The van der Waals surface area contributed by atoms with E-state index >= 15 is 0 Å². The van der Waals surface area contributed by atoms with E-state index in [1.54, 1.807) is 48.6 Å². The first-order chi connectivity index (χ1) is 9.65. The molecule has 100 valence electrons. The highest BCUT2D eigenvalue weighted by molar-refractivity contribution is 6.05. The first kappa shape index (κ1) is 13.8. The third-order valence-corrected chi connectivity index (χ3v) is 3.12. The van der Waals surface area contributed by atoms with Crippen LogP contribution in [0.4, 0.5) is 5.69 Å². The molecular formula is C16H15N3O. The summed E-state index contributed by atoms with van der Waals surface area (Å²) in [4.78, 5) is 18.1. The minimum Gasteiger partial charge on any atom is -0.310 e. The molecule has 0 saturated heterocycles. The van der Waals surface area contributed by atoms with E-state index in [2.05, 4.69) is 4.98 Å². The fourth-order valence-electron chi connectivity index (χ4n) is 1.88. The Bertz CT molecular complexity index is 673. The Morgan fingerprint density at radius 3 is 2.85 bits per heavy atom. The van der Waals surface area contributed by atoms with Crippen LogP contribution in [-0.4, -0.2) is 17.9 Å². The molecule has 4 nitrogen and oxygen atoms in total. The minimum absolute atomic E-state index is 0.155. The molecule has 1 aromatic carbocycles. The van der Waals surface area contributed by atoms with Gasteiger partial charge in [-0.3, -0.25) is 9.78 Å². The smallest absolute Gasteiger partial charge is 0.258 e. The van der Waals surface area contributed by atoms with Crippen molar-refractivity contribution >= 4 is 11.6 Å². The molecule has 0 bridgehead atoms. The van der Waals surface area contributed by atoms with Crippen molar-refractivity contribution in [2.45, 2.75) is 13.3 Å². The zero-order valence-corrected chi connectivity index (χ0v) is 11.5. The van der Waals surface area contributed by atoms with Gasteiger partial charge in [0, 0.05) is 18.8 Å². The van der Waals surface area contributed by atoms with Gasteiger partial charge in [0.25, 0.3) is 5.91 Å². The predicted octanol–water partition coefficient (Wildman–Crippen LogP) is 2.79. The van der Waals surface area contributed by atoms with Gasteiger partial charge in [-0.1, -0.05) is 13.0 Å². The maximum absolute atomic E-state index is 12.4. The molecular weight excluding hydrogens is 250 g/mol. The van der Waals surface area contributed by atoms with Crippen LogP contribution in [0.5, 0.6) is 0 Å². The summed E-state index contributed by atoms with van der Waals surface area (Å²) < 4.78 is 0. The highest BCUT2D eigenvalue weighted by Crippen LogP contribution is 2.17. The largest absolute Gasteiger partial charge is 0.310 e. The molecule has 1 heterocycles. The number of hydrogen-bond acceptors (Lipinski definition) is 3. The van der Waals surface area contributed by atoms with E-state index in [1.807, 2.05) is 19.1 Å². The standard InChI is InChI=1S/C16H15N3O/c1-3-12-8-15(11-18-10-12)19(2)16(20)14-6-4-5-13(7-14)9-17/h4-8,10-11H,3H2,1-2H3. The van der Waals surface area contributed by atoms with E-state index in [1.165, 1.54) is 0 Å². The highest BCUT2D eigenvalue weighted by Gasteiger charge is 2.14. The monoisotopic (exact) mass is 265 g/mol. The average Bonchev–Trinajstić information content (AvgIpc) is 2.53. The van der Waals surface area contributed by atoms with E-state index in [4.69, 9.17) is 5.26 Å². The van der Waals surface area contributed by atoms with Crippen LogP contribution in [0.1, 0.15) is 28.4 Å². The lowest BCUT2D eigenvalue weighted by molar-refractivity contribution is 0.0993. The second-order valence-electron chi connectivity index (χ2n) is 4.46. The third-order valence-electron chi connectivity index (χ3n) is 3.12. The molecule has 0 saturated carbocycles. The van der Waals surface area contributed by atoms with Gasteiger partial charge in [0.2, 0.25) is 0 Å². The van der Waals surface area contributed by atoms with Crippen LogP contribution in [0.25, 0.3) is 0 Å². The van der Waals surface area contributed by atoms with Crippen LogP contribution in [0, 0.1) is 11.3 Å². The molecule has 20 heavy (non-hydrogen) atoms. The molecule has 0 atom stereocenters. The molecule has 1 aromatic heterocycles. The number of anilines is 1. The molecule has 0 unspecified atom stereocenters. The first-order valence-corrected chi connectivity index (χ1v) is 6.38. The van der Waals surface area contributed by atoms with Crippen molar-refractivity contribution in [2.75, 3.05) is 11.9 Å². The Balaban J connectivity index is 2.30. The second-order valence-corrected chi connectivity index (χ2v) is 4.46. The van der Waals surface area contributed by atoms with Crippen molar-refractivity contribution in [3.05, 3.63) is 59.4 Å². The Morgan fingerprint density at radius 1 is 1.35 bits per heavy atom. The molecule has 1 amide bonds. The lowest BCUT2D eigenvalue weighted by Gasteiger charge is -2.17. The summed E-state index contributed by atoms with van der Waals surface area (Å²) in [5.74, 6) is -0.155. The van der Waals surface area contributed by atoms with Gasteiger partial charge in [-0.2, -0.15) is 5.26 Å². The van der Waals surface area contributed by atoms with E-state index in [9.17, 15) is 4.79 Å². The second kappa shape index (κ2) is 5.98. The van der Waals surface area contributed by atoms with Crippen molar-refractivity contribution in [3.63, 3.8) is 0 Å². The van der Waals surface area contributed by atoms with E-state index in [0.717, 1.165) is 17.7 Å². The summed E-state index contributed by atoms with van der Waals surface area (Å²) in [5, 5.41) is 8.88. The molecule has 0 spiro atoms. The Hall–Kier alpha value is -2.67. The highest BCUT2D eigenvalue weighted by atomic mass is 16.2.